The van der Waals surface area contributed by atoms with Gasteiger partial charge in [0.2, 0.25) is 5.91 Å². The number of nitrogens with zero attached hydrogens (tertiary/aromatic N) is 2. The van der Waals surface area contributed by atoms with Crippen molar-refractivity contribution in [3.8, 4) is 0 Å². The first kappa shape index (κ1) is 16.3. The third kappa shape index (κ3) is 3.68. The molecule has 1 aromatic heterocycles. The van der Waals surface area contributed by atoms with Crippen LogP contribution in [0.2, 0.25) is 0 Å². The number of halogens is 3. The molecule has 2 aliphatic rings. The number of carbonyl (C=O) groups is 1. The minimum Gasteiger partial charge on any atom is -0.365 e. The fraction of sp³-hybridized carbons (Fsp3) is 0.733. The first-order chi connectivity index (χ1) is 10.9. The van der Waals surface area contributed by atoms with Crippen LogP contribution in [0, 0.1) is 0 Å². The molecule has 1 aliphatic heterocycles. The average Bonchev–Trinajstić information content (AvgIpc) is 2.95. The Morgan fingerprint density at radius 1 is 1.35 bits per heavy atom. The number of H-pyrrole nitrogens is 1. The van der Waals surface area contributed by atoms with Crippen LogP contribution in [0.25, 0.3) is 0 Å². The molecule has 23 heavy (non-hydrogen) atoms. The van der Waals surface area contributed by atoms with Gasteiger partial charge in [-0.2, -0.15) is 18.3 Å². The summed E-state index contributed by atoms with van der Waals surface area (Å²) in [7, 11) is 0. The molecule has 0 saturated carbocycles. The molecule has 3 rings (SSSR count). The molecule has 0 spiro atoms. The fourth-order valence-corrected chi connectivity index (χ4v) is 3.21. The van der Waals surface area contributed by atoms with E-state index in [4.69, 9.17) is 4.74 Å². The zero-order valence-electron chi connectivity index (χ0n) is 12.8. The van der Waals surface area contributed by atoms with Gasteiger partial charge in [0, 0.05) is 25.1 Å². The maximum Gasteiger partial charge on any atom is 0.416 e. The van der Waals surface area contributed by atoms with E-state index in [2.05, 4.69) is 10.2 Å². The number of ether oxygens (including phenoxy) is 1. The van der Waals surface area contributed by atoms with Crippen molar-refractivity contribution in [2.75, 3.05) is 19.7 Å². The summed E-state index contributed by atoms with van der Waals surface area (Å²) in [6, 6.07) is 0. The summed E-state index contributed by atoms with van der Waals surface area (Å²) in [6.45, 7) is -0.279. The minimum absolute atomic E-state index is 0.0757. The molecule has 1 fully saturated rings. The number of alkyl halides is 3. The quantitative estimate of drug-likeness (QED) is 0.922. The lowest BCUT2D eigenvalue weighted by Crippen LogP contribution is -2.51. The molecule has 128 valence electrons. The molecule has 1 amide bonds. The van der Waals surface area contributed by atoms with Gasteiger partial charge in [-0.05, 0) is 31.2 Å². The average molecular weight is 331 g/mol. The van der Waals surface area contributed by atoms with E-state index < -0.39 is 18.8 Å². The number of rotatable bonds is 3. The van der Waals surface area contributed by atoms with Gasteiger partial charge >= 0.3 is 6.18 Å². The van der Waals surface area contributed by atoms with Gasteiger partial charge in [-0.25, -0.2) is 0 Å². The highest BCUT2D eigenvalue weighted by Crippen LogP contribution is 2.26. The highest BCUT2D eigenvalue weighted by molar-refractivity contribution is 5.76. The van der Waals surface area contributed by atoms with Gasteiger partial charge in [0.15, 0.2) is 6.10 Å². The molecule has 1 atom stereocenters. The van der Waals surface area contributed by atoms with Crippen LogP contribution in [0.1, 0.15) is 36.2 Å². The highest BCUT2D eigenvalue weighted by Gasteiger charge is 2.44. The second-order valence-corrected chi connectivity index (χ2v) is 6.08. The number of aryl methyl sites for hydroxylation is 2. The topological polar surface area (TPSA) is 58.2 Å². The molecular formula is C15H20F3N3O2. The van der Waals surface area contributed by atoms with Gasteiger partial charge < -0.3 is 9.64 Å². The van der Waals surface area contributed by atoms with E-state index in [0.717, 1.165) is 37.1 Å². The van der Waals surface area contributed by atoms with Gasteiger partial charge in [-0.1, -0.05) is 0 Å². The lowest BCUT2D eigenvalue weighted by atomic mass is 9.94. The number of carbonyl (C=O) groups excluding carboxylic acids is 1. The lowest BCUT2D eigenvalue weighted by Gasteiger charge is -2.33. The van der Waals surface area contributed by atoms with Gasteiger partial charge in [-0.3, -0.25) is 9.89 Å². The fourth-order valence-electron chi connectivity index (χ4n) is 3.21. The maximum atomic E-state index is 12.7. The Morgan fingerprint density at radius 3 is 2.91 bits per heavy atom. The number of nitrogens with one attached hydrogen (secondary N) is 1. The highest BCUT2D eigenvalue weighted by atomic mass is 19.4. The molecule has 1 aromatic rings. The van der Waals surface area contributed by atoms with Gasteiger partial charge in [0.1, 0.15) is 0 Å². The molecular weight excluding hydrogens is 311 g/mol. The number of aromatic amines is 1. The van der Waals surface area contributed by atoms with E-state index in [1.165, 1.54) is 10.5 Å². The Labute approximate surface area is 132 Å². The standard InChI is InChI=1S/C15H20F3N3O2/c16-15(17,18)13-9-21(7-8-23-13)14(22)6-5-12-10-3-1-2-4-11(10)19-20-12/h13H,1-9H2,(H,19,20). The summed E-state index contributed by atoms with van der Waals surface area (Å²) in [5.74, 6) is -0.268. The second kappa shape index (κ2) is 6.51. The van der Waals surface area contributed by atoms with Crippen LogP contribution in [-0.4, -0.2) is 53.0 Å². The summed E-state index contributed by atoms with van der Waals surface area (Å²) in [5, 5.41) is 7.28. The maximum absolute atomic E-state index is 12.7. The van der Waals surface area contributed by atoms with Crippen molar-refractivity contribution < 1.29 is 22.7 Å². The van der Waals surface area contributed by atoms with Crippen LogP contribution in [0.3, 0.4) is 0 Å². The van der Waals surface area contributed by atoms with Crippen LogP contribution >= 0.6 is 0 Å². The summed E-state index contributed by atoms with van der Waals surface area (Å²) < 4.78 is 42.8. The van der Waals surface area contributed by atoms with Crippen LogP contribution in [0.5, 0.6) is 0 Å². The summed E-state index contributed by atoms with van der Waals surface area (Å²) in [5.41, 5.74) is 3.22. The SMILES string of the molecule is O=C(CCc1n[nH]c2c1CCCC2)N1CCOC(C(F)(F)F)C1. The summed E-state index contributed by atoms with van der Waals surface area (Å²) >= 11 is 0. The van der Waals surface area contributed by atoms with E-state index in [1.54, 1.807) is 0 Å². The van der Waals surface area contributed by atoms with Crippen LogP contribution in [0.15, 0.2) is 0 Å². The molecule has 8 heteroatoms. The van der Waals surface area contributed by atoms with Gasteiger partial charge in [0.25, 0.3) is 0 Å². The zero-order chi connectivity index (χ0) is 16.4. The molecule has 0 bridgehead atoms. The van der Waals surface area contributed by atoms with E-state index in [9.17, 15) is 18.0 Å². The summed E-state index contributed by atoms with van der Waals surface area (Å²) in [6.07, 6.45) is -1.46. The normalized spacial score (nSPS) is 22.0. The zero-order valence-corrected chi connectivity index (χ0v) is 12.8. The number of morpholine rings is 1. The Hall–Kier alpha value is -1.57. The van der Waals surface area contributed by atoms with Crippen molar-refractivity contribution in [1.29, 1.82) is 0 Å². The first-order valence-corrected chi connectivity index (χ1v) is 7.96. The predicted molar refractivity (Wildman–Crippen MR) is 75.9 cm³/mol. The molecule has 2 heterocycles. The summed E-state index contributed by atoms with van der Waals surface area (Å²) in [4.78, 5) is 13.4. The number of aromatic nitrogens is 2. The van der Waals surface area contributed by atoms with Crippen molar-refractivity contribution in [3.05, 3.63) is 17.0 Å². The molecule has 1 unspecified atom stereocenters. The second-order valence-electron chi connectivity index (χ2n) is 6.08. The first-order valence-electron chi connectivity index (χ1n) is 7.96. The largest absolute Gasteiger partial charge is 0.416 e. The monoisotopic (exact) mass is 331 g/mol. The third-order valence-corrected chi connectivity index (χ3v) is 4.50. The Kier molecular flexibility index (Phi) is 4.61. The third-order valence-electron chi connectivity index (χ3n) is 4.50. The number of amides is 1. The Bertz CT molecular complexity index is 571. The van der Waals surface area contributed by atoms with Crippen molar-refractivity contribution in [2.45, 2.75) is 50.8 Å². The van der Waals surface area contributed by atoms with Crippen molar-refractivity contribution in [2.24, 2.45) is 0 Å². The molecule has 1 aliphatic carbocycles. The van der Waals surface area contributed by atoms with Gasteiger partial charge in [0.05, 0.1) is 18.8 Å². The van der Waals surface area contributed by atoms with E-state index in [1.807, 2.05) is 0 Å². The van der Waals surface area contributed by atoms with Crippen molar-refractivity contribution in [1.82, 2.24) is 15.1 Å². The van der Waals surface area contributed by atoms with Crippen LogP contribution in [0.4, 0.5) is 13.2 Å². The molecule has 0 radical (unpaired) electrons. The van der Waals surface area contributed by atoms with Crippen molar-refractivity contribution >= 4 is 5.91 Å². The van der Waals surface area contributed by atoms with Gasteiger partial charge in [-0.15, -0.1) is 0 Å². The Morgan fingerprint density at radius 2 is 2.13 bits per heavy atom. The number of fused-ring (bicyclic) bond motifs is 1. The molecule has 1 saturated heterocycles. The van der Waals surface area contributed by atoms with Crippen LogP contribution < -0.4 is 0 Å². The molecule has 0 aromatic carbocycles. The molecule has 5 nitrogen and oxygen atoms in total. The minimum atomic E-state index is -4.43. The predicted octanol–water partition coefficient (Wildman–Crippen LogP) is 2.01. The van der Waals surface area contributed by atoms with E-state index in [-0.39, 0.29) is 25.5 Å². The number of hydrogen-bond acceptors (Lipinski definition) is 3. The number of hydrogen-bond donors (Lipinski definition) is 1. The lowest BCUT2D eigenvalue weighted by molar-refractivity contribution is -0.236. The van der Waals surface area contributed by atoms with Crippen molar-refractivity contribution in [3.63, 3.8) is 0 Å². The molecule has 1 N–H and O–H groups in total. The van der Waals surface area contributed by atoms with Crippen LogP contribution in [-0.2, 0) is 28.8 Å². The Balaban J connectivity index is 1.56. The van der Waals surface area contributed by atoms with E-state index in [0.29, 0.717) is 6.42 Å². The smallest absolute Gasteiger partial charge is 0.365 e. The van der Waals surface area contributed by atoms with E-state index >= 15 is 0 Å².